The Labute approximate surface area is 246 Å². The zero-order valence-electron chi connectivity index (χ0n) is 24.0. The fourth-order valence-corrected chi connectivity index (χ4v) is 5.67. The summed E-state index contributed by atoms with van der Waals surface area (Å²) in [6, 6.07) is 31.9. The summed E-state index contributed by atoms with van der Waals surface area (Å²) in [7, 11) is 1.56. The second-order valence-electron chi connectivity index (χ2n) is 10.5. The first kappa shape index (κ1) is 28.7. The number of carboxylic acid groups (broad SMARTS) is 1. The third-order valence-electron chi connectivity index (χ3n) is 7.71. The summed E-state index contributed by atoms with van der Waals surface area (Å²) < 4.78 is 11.0. The Balaban J connectivity index is 1.54. The molecule has 1 aliphatic heterocycles. The molecule has 5 rings (SSSR count). The predicted octanol–water partition coefficient (Wildman–Crippen LogP) is 7.68. The summed E-state index contributed by atoms with van der Waals surface area (Å²) in [6.07, 6.45) is 1.93. The van der Waals surface area contributed by atoms with Gasteiger partial charge in [0.05, 0.1) is 25.3 Å². The minimum atomic E-state index is -0.993. The van der Waals surface area contributed by atoms with Crippen LogP contribution in [-0.2, 0) is 11.2 Å². The monoisotopic (exact) mass is 564 g/mol. The molecule has 42 heavy (non-hydrogen) atoms. The molecule has 0 aliphatic carbocycles. The van der Waals surface area contributed by atoms with Crippen LogP contribution in [0.3, 0.4) is 0 Å². The Morgan fingerprint density at radius 3 is 2.26 bits per heavy atom. The van der Waals surface area contributed by atoms with Gasteiger partial charge in [-0.3, -0.25) is 5.32 Å². The lowest BCUT2D eigenvalue weighted by molar-refractivity contribution is 0.0696. The van der Waals surface area contributed by atoms with E-state index in [-0.39, 0.29) is 17.5 Å². The number of anilines is 2. The van der Waals surface area contributed by atoms with Crippen molar-refractivity contribution < 1.29 is 24.2 Å². The molecule has 0 aromatic heterocycles. The first-order valence-electron chi connectivity index (χ1n) is 14.3. The van der Waals surface area contributed by atoms with Gasteiger partial charge in [-0.15, -0.1) is 0 Å². The molecule has 7 nitrogen and oxygen atoms in total. The largest absolute Gasteiger partial charge is 0.496 e. The number of rotatable bonds is 11. The van der Waals surface area contributed by atoms with Gasteiger partial charge < -0.3 is 19.5 Å². The van der Waals surface area contributed by atoms with Gasteiger partial charge in [0.25, 0.3) is 0 Å². The highest BCUT2D eigenvalue weighted by molar-refractivity contribution is 5.88. The third-order valence-corrected chi connectivity index (χ3v) is 7.71. The van der Waals surface area contributed by atoms with Crippen LogP contribution in [0.1, 0.15) is 64.3 Å². The molecule has 1 atom stereocenters. The first-order valence-corrected chi connectivity index (χ1v) is 14.3. The number of carbonyl (C=O) groups is 2. The molecule has 0 spiro atoms. The number of methoxy groups -OCH3 is 1. The molecule has 4 aromatic carbocycles. The predicted molar refractivity (Wildman–Crippen MR) is 165 cm³/mol. The molecule has 7 heteroatoms. The smallest absolute Gasteiger partial charge is 0.411 e. The summed E-state index contributed by atoms with van der Waals surface area (Å²) in [5.41, 5.74) is 6.33. The van der Waals surface area contributed by atoms with E-state index in [4.69, 9.17) is 9.47 Å². The zero-order chi connectivity index (χ0) is 29.5. The van der Waals surface area contributed by atoms with Crippen LogP contribution in [0.5, 0.6) is 5.75 Å². The van der Waals surface area contributed by atoms with Crippen molar-refractivity contribution >= 4 is 23.4 Å². The van der Waals surface area contributed by atoms with Gasteiger partial charge in [-0.1, -0.05) is 80.1 Å². The Kier molecular flexibility index (Phi) is 9.07. The molecule has 0 bridgehead atoms. The molecule has 0 saturated carbocycles. The highest BCUT2D eigenvalue weighted by atomic mass is 16.5. The molecule has 0 saturated heterocycles. The first-order chi connectivity index (χ1) is 20.5. The number of nitrogens with zero attached hydrogens (tertiary/aromatic N) is 1. The fraction of sp³-hybridized carbons (Fsp3) is 0.257. The van der Waals surface area contributed by atoms with Crippen LogP contribution in [0.2, 0.25) is 0 Å². The third kappa shape index (κ3) is 6.41. The second-order valence-corrected chi connectivity index (χ2v) is 10.5. The van der Waals surface area contributed by atoms with Crippen molar-refractivity contribution in [3.05, 3.63) is 125 Å². The molecule has 4 aromatic rings. The topological polar surface area (TPSA) is 88.1 Å². The van der Waals surface area contributed by atoms with Crippen LogP contribution in [-0.4, -0.2) is 37.4 Å². The zero-order valence-corrected chi connectivity index (χ0v) is 24.0. The molecule has 2 N–H and O–H groups in total. The van der Waals surface area contributed by atoms with E-state index in [9.17, 15) is 14.7 Å². The summed E-state index contributed by atoms with van der Waals surface area (Å²) in [4.78, 5) is 26.5. The molecule has 1 amide bonds. The molecular formula is C35H36N2O5. The van der Waals surface area contributed by atoms with Crippen LogP contribution in [0.25, 0.3) is 0 Å². The highest BCUT2D eigenvalue weighted by Crippen LogP contribution is 2.46. The fourth-order valence-electron chi connectivity index (χ4n) is 5.67. The standard InChI is InChI=1S/C35H36N2O5/c1-3-4-19-42-35(40)36-29-17-18-31-30(22-29)28(20-26-15-16-27(34(38)39)21-32(26)41-2)23-37(31)33(24-11-7-5-8-12-24)25-13-9-6-10-14-25/h5-18,21-22,28,33H,3-4,19-20,23H2,1-2H3,(H,36,40)(H,38,39). The van der Waals surface area contributed by atoms with Gasteiger partial charge >= 0.3 is 12.1 Å². The Morgan fingerprint density at radius 1 is 0.952 bits per heavy atom. The molecule has 0 fully saturated rings. The normalized spacial score (nSPS) is 14.0. The van der Waals surface area contributed by atoms with Gasteiger partial charge in [0.1, 0.15) is 5.75 Å². The summed E-state index contributed by atoms with van der Waals surface area (Å²) in [6.45, 7) is 3.15. The van der Waals surface area contributed by atoms with Crippen molar-refractivity contribution in [1.82, 2.24) is 0 Å². The van der Waals surface area contributed by atoms with Crippen molar-refractivity contribution in [3.63, 3.8) is 0 Å². The van der Waals surface area contributed by atoms with Crippen LogP contribution in [0.15, 0.2) is 97.1 Å². The maximum atomic E-state index is 12.5. The van der Waals surface area contributed by atoms with E-state index in [1.165, 1.54) is 11.1 Å². The van der Waals surface area contributed by atoms with Crippen molar-refractivity contribution in [3.8, 4) is 5.75 Å². The van der Waals surface area contributed by atoms with E-state index < -0.39 is 12.1 Å². The number of amides is 1. The van der Waals surface area contributed by atoms with E-state index in [0.29, 0.717) is 24.5 Å². The molecule has 1 heterocycles. The van der Waals surface area contributed by atoms with Crippen LogP contribution >= 0.6 is 0 Å². The van der Waals surface area contributed by atoms with E-state index in [0.717, 1.165) is 36.2 Å². The minimum absolute atomic E-state index is 0.0229. The number of nitrogens with one attached hydrogen (secondary N) is 1. The van der Waals surface area contributed by atoms with Crippen molar-refractivity contribution in [2.45, 2.75) is 38.1 Å². The van der Waals surface area contributed by atoms with Gasteiger partial charge in [-0.25, -0.2) is 9.59 Å². The van der Waals surface area contributed by atoms with Gasteiger partial charge in [0.15, 0.2) is 0 Å². The lowest BCUT2D eigenvalue weighted by atomic mass is 9.92. The van der Waals surface area contributed by atoms with E-state index in [1.807, 2.05) is 30.3 Å². The lowest BCUT2D eigenvalue weighted by Gasteiger charge is -2.32. The number of hydrogen-bond donors (Lipinski definition) is 2. The Bertz CT molecular complexity index is 1480. The summed E-state index contributed by atoms with van der Waals surface area (Å²) in [5, 5.41) is 12.4. The van der Waals surface area contributed by atoms with E-state index in [2.05, 4.69) is 71.7 Å². The molecule has 1 unspecified atom stereocenters. The average Bonchev–Trinajstić information content (AvgIpc) is 3.35. The highest BCUT2D eigenvalue weighted by Gasteiger charge is 2.35. The van der Waals surface area contributed by atoms with Crippen molar-refractivity contribution in [1.29, 1.82) is 0 Å². The second kappa shape index (κ2) is 13.3. The van der Waals surface area contributed by atoms with E-state index in [1.54, 1.807) is 19.2 Å². The number of aromatic carboxylic acids is 1. The number of carboxylic acids is 1. The average molecular weight is 565 g/mol. The molecule has 1 aliphatic rings. The minimum Gasteiger partial charge on any atom is -0.496 e. The van der Waals surface area contributed by atoms with Gasteiger partial charge in [0.2, 0.25) is 0 Å². The van der Waals surface area contributed by atoms with Crippen molar-refractivity contribution in [2.75, 3.05) is 30.5 Å². The van der Waals surface area contributed by atoms with Crippen LogP contribution in [0.4, 0.5) is 16.2 Å². The van der Waals surface area contributed by atoms with Gasteiger partial charge in [-0.2, -0.15) is 0 Å². The summed E-state index contributed by atoms with van der Waals surface area (Å²) in [5.74, 6) is -0.393. The lowest BCUT2D eigenvalue weighted by Crippen LogP contribution is -2.29. The number of ether oxygens (including phenoxy) is 2. The van der Waals surface area contributed by atoms with Crippen LogP contribution in [0, 0.1) is 0 Å². The van der Waals surface area contributed by atoms with Crippen LogP contribution < -0.4 is 15.0 Å². The number of benzene rings is 4. The molecular weight excluding hydrogens is 528 g/mol. The maximum Gasteiger partial charge on any atom is 0.411 e. The molecule has 0 radical (unpaired) electrons. The SMILES string of the molecule is CCCCOC(=O)Nc1ccc2c(c1)C(Cc1ccc(C(=O)O)cc1OC)CN2C(c1ccccc1)c1ccccc1. The quantitative estimate of drug-likeness (QED) is 0.182. The Hall–Kier alpha value is -4.78. The number of unbranched alkanes of at least 4 members (excludes halogenated alkanes) is 1. The van der Waals surface area contributed by atoms with Gasteiger partial charge in [0, 0.05) is 23.8 Å². The number of carbonyl (C=O) groups excluding carboxylic acids is 1. The maximum absolute atomic E-state index is 12.5. The number of hydrogen-bond acceptors (Lipinski definition) is 5. The number of fused-ring (bicyclic) bond motifs is 1. The van der Waals surface area contributed by atoms with E-state index >= 15 is 0 Å². The van der Waals surface area contributed by atoms with Gasteiger partial charge in [-0.05, 0) is 65.4 Å². The molecule has 216 valence electrons. The Morgan fingerprint density at radius 2 is 1.64 bits per heavy atom. The summed E-state index contributed by atoms with van der Waals surface area (Å²) >= 11 is 0. The van der Waals surface area contributed by atoms with Crippen molar-refractivity contribution in [2.24, 2.45) is 0 Å².